The lowest BCUT2D eigenvalue weighted by atomic mass is 10.0. The Morgan fingerprint density at radius 3 is 3.21 bits per heavy atom. The van der Waals surface area contributed by atoms with E-state index in [-0.39, 0.29) is 0 Å². The summed E-state index contributed by atoms with van der Waals surface area (Å²) in [6.07, 6.45) is 2.69. The van der Waals surface area contributed by atoms with Crippen molar-refractivity contribution in [3.05, 3.63) is 12.2 Å². The summed E-state index contributed by atoms with van der Waals surface area (Å²) in [5, 5.41) is 13.8. The zero-order valence-corrected chi connectivity index (χ0v) is 8.26. The molecule has 5 heteroatoms. The van der Waals surface area contributed by atoms with Gasteiger partial charge in [-0.15, -0.1) is 0 Å². The highest BCUT2D eigenvalue weighted by Gasteiger charge is 2.22. The number of ether oxygens (including phenoxy) is 1. The van der Waals surface area contributed by atoms with Crippen molar-refractivity contribution in [2.75, 3.05) is 13.2 Å². The second-order valence-electron chi connectivity index (χ2n) is 3.72. The van der Waals surface area contributed by atoms with Crippen molar-refractivity contribution < 1.29 is 9.84 Å². The molecule has 0 amide bonds. The highest BCUT2D eigenvalue weighted by atomic mass is 16.5. The van der Waals surface area contributed by atoms with Gasteiger partial charge in [0.25, 0.3) is 0 Å². The predicted octanol–water partition coefficient (Wildman–Crippen LogP) is 0.275. The van der Waals surface area contributed by atoms with Gasteiger partial charge in [0.1, 0.15) is 12.4 Å². The molecule has 1 fully saturated rings. The largest absolute Gasteiger partial charge is 0.385 e. The maximum absolute atomic E-state index is 9.87. The van der Waals surface area contributed by atoms with Crippen LogP contribution in [0.2, 0.25) is 0 Å². The number of aliphatic hydroxyl groups is 1. The van der Waals surface area contributed by atoms with Gasteiger partial charge in [-0.25, -0.2) is 4.98 Å². The molecule has 14 heavy (non-hydrogen) atoms. The lowest BCUT2D eigenvalue weighted by Gasteiger charge is -2.13. The standard InChI is InChI=1S/C9H15N3O2/c1-12-9(10-6-11-12)8(13)4-7-2-3-14-5-7/h6-8,13H,2-5H2,1H3. The lowest BCUT2D eigenvalue weighted by molar-refractivity contribution is 0.120. The molecule has 1 aromatic heterocycles. The minimum Gasteiger partial charge on any atom is -0.385 e. The summed E-state index contributed by atoms with van der Waals surface area (Å²) >= 11 is 0. The first-order valence-corrected chi connectivity index (χ1v) is 4.87. The summed E-state index contributed by atoms with van der Waals surface area (Å²) in [5.74, 6) is 1.10. The monoisotopic (exact) mass is 197 g/mol. The van der Waals surface area contributed by atoms with E-state index in [1.54, 1.807) is 11.7 Å². The second kappa shape index (κ2) is 4.06. The molecule has 1 aliphatic rings. The van der Waals surface area contributed by atoms with E-state index in [0.717, 1.165) is 19.6 Å². The fourth-order valence-corrected chi connectivity index (χ4v) is 1.80. The maximum atomic E-state index is 9.87. The van der Waals surface area contributed by atoms with Crippen molar-refractivity contribution in [3.63, 3.8) is 0 Å². The maximum Gasteiger partial charge on any atom is 0.155 e. The van der Waals surface area contributed by atoms with Crippen LogP contribution in [0.1, 0.15) is 24.8 Å². The Hall–Kier alpha value is -0.940. The zero-order chi connectivity index (χ0) is 9.97. The fourth-order valence-electron chi connectivity index (χ4n) is 1.80. The van der Waals surface area contributed by atoms with Gasteiger partial charge in [0.05, 0.1) is 0 Å². The smallest absolute Gasteiger partial charge is 0.155 e. The van der Waals surface area contributed by atoms with Crippen LogP contribution in [-0.2, 0) is 11.8 Å². The molecule has 0 saturated carbocycles. The van der Waals surface area contributed by atoms with Crippen LogP contribution in [-0.4, -0.2) is 33.1 Å². The van der Waals surface area contributed by atoms with Crippen molar-refractivity contribution in [1.82, 2.24) is 14.8 Å². The third kappa shape index (κ3) is 1.93. The molecule has 1 N–H and O–H groups in total. The summed E-state index contributed by atoms with van der Waals surface area (Å²) in [7, 11) is 1.79. The van der Waals surface area contributed by atoms with Crippen molar-refractivity contribution in [2.24, 2.45) is 13.0 Å². The van der Waals surface area contributed by atoms with Crippen LogP contribution >= 0.6 is 0 Å². The van der Waals surface area contributed by atoms with Crippen molar-refractivity contribution in [3.8, 4) is 0 Å². The van der Waals surface area contributed by atoms with E-state index in [9.17, 15) is 5.11 Å². The summed E-state index contributed by atoms with van der Waals surface area (Å²) in [6, 6.07) is 0. The third-order valence-corrected chi connectivity index (χ3v) is 2.63. The Kier molecular flexibility index (Phi) is 2.79. The fraction of sp³-hybridized carbons (Fsp3) is 0.778. The summed E-state index contributed by atoms with van der Waals surface area (Å²) in [5.41, 5.74) is 0. The van der Waals surface area contributed by atoms with Crippen molar-refractivity contribution in [1.29, 1.82) is 0 Å². The first-order chi connectivity index (χ1) is 6.77. The molecular formula is C9H15N3O2. The summed E-state index contributed by atoms with van der Waals surface area (Å²) < 4.78 is 6.86. The topological polar surface area (TPSA) is 60.2 Å². The second-order valence-corrected chi connectivity index (χ2v) is 3.72. The molecule has 0 bridgehead atoms. The molecule has 5 nitrogen and oxygen atoms in total. The van der Waals surface area contributed by atoms with Crippen molar-refractivity contribution in [2.45, 2.75) is 18.9 Å². The Morgan fingerprint density at radius 2 is 2.64 bits per heavy atom. The number of aryl methyl sites for hydroxylation is 1. The van der Waals surface area contributed by atoms with Crippen LogP contribution in [0.15, 0.2) is 6.33 Å². The average Bonchev–Trinajstić information content (AvgIpc) is 2.75. The Labute approximate surface area is 82.7 Å². The van der Waals surface area contributed by atoms with Gasteiger partial charge in [0, 0.05) is 20.3 Å². The highest BCUT2D eigenvalue weighted by molar-refractivity contribution is 4.90. The van der Waals surface area contributed by atoms with Crippen LogP contribution in [0.3, 0.4) is 0 Å². The molecule has 0 spiro atoms. The van der Waals surface area contributed by atoms with E-state index in [1.165, 1.54) is 6.33 Å². The number of aliphatic hydroxyl groups excluding tert-OH is 1. The van der Waals surface area contributed by atoms with E-state index in [1.807, 2.05) is 0 Å². The molecule has 1 aliphatic heterocycles. The molecule has 2 unspecified atom stereocenters. The summed E-state index contributed by atoms with van der Waals surface area (Å²) in [4.78, 5) is 4.02. The van der Waals surface area contributed by atoms with Crippen LogP contribution < -0.4 is 0 Å². The quantitative estimate of drug-likeness (QED) is 0.755. The Morgan fingerprint density at radius 1 is 1.79 bits per heavy atom. The Bertz CT molecular complexity index is 294. The molecule has 0 aliphatic carbocycles. The van der Waals surface area contributed by atoms with Gasteiger partial charge in [-0.1, -0.05) is 0 Å². The molecule has 1 aromatic rings. The summed E-state index contributed by atoms with van der Waals surface area (Å²) in [6.45, 7) is 1.57. The van der Waals surface area contributed by atoms with Crippen LogP contribution in [0, 0.1) is 5.92 Å². The highest BCUT2D eigenvalue weighted by Crippen LogP contribution is 2.24. The van der Waals surface area contributed by atoms with Gasteiger partial charge in [-0.3, -0.25) is 4.68 Å². The third-order valence-electron chi connectivity index (χ3n) is 2.63. The average molecular weight is 197 g/mol. The van der Waals surface area contributed by atoms with E-state index < -0.39 is 6.10 Å². The van der Waals surface area contributed by atoms with E-state index in [0.29, 0.717) is 18.2 Å². The van der Waals surface area contributed by atoms with Gasteiger partial charge >= 0.3 is 0 Å². The molecule has 2 heterocycles. The van der Waals surface area contributed by atoms with E-state index in [4.69, 9.17) is 4.74 Å². The number of nitrogens with zero attached hydrogens (tertiary/aromatic N) is 3. The van der Waals surface area contributed by atoms with Gasteiger partial charge in [-0.05, 0) is 18.8 Å². The van der Waals surface area contributed by atoms with Crippen LogP contribution in [0.4, 0.5) is 0 Å². The van der Waals surface area contributed by atoms with Gasteiger partial charge in [0.2, 0.25) is 0 Å². The Balaban J connectivity index is 1.95. The molecule has 0 aromatic carbocycles. The van der Waals surface area contributed by atoms with Gasteiger partial charge < -0.3 is 9.84 Å². The molecule has 1 saturated heterocycles. The van der Waals surface area contributed by atoms with Gasteiger partial charge in [0.15, 0.2) is 5.82 Å². The van der Waals surface area contributed by atoms with Crippen LogP contribution in [0.25, 0.3) is 0 Å². The zero-order valence-electron chi connectivity index (χ0n) is 8.26. The van der Waals surface area contributed by atoms with Crippen LogP contribution in [0.5, 0.6) is 0 Å². The normalized spacial score (nSPS) is 24.0. The first kappa shape index (κ1) is 9.61. The van der Waals surface area contributed by atoms with Gasteiger partial charge in [-0.2, -0.15) is 5.10 Å². The molecular weight excluding hydrogens is 182 g/mol. The number of aromatic nitrogens is 3. The van der Waals surface area contributed by atoms with Crippen molar-refractivity contribution >= 4 is 0 Å². The number of hydrogen-bond donors (Lipinski definition) is 1. The SMILES string of the molecule is Cn1ncnc1C(O)CC1CCOC1. The molecule has 78 valence electrons. The number of hydrogen-bond acceptors (Lipinski definition) is 4. The lowest BCUT2D eigenvalue weighted by Crippen LogP contribution is -2.12. The van der Waals surface area contributed by atoms with E-state index in [2.05, 4.69) is 10.1 Å². The first-order valence-electron chi connectivity index (χ1n) is 4.87. The molecule has 0 radical (unpaired) electrons. The molecule has 2 atom stereocenters. The minimum atomic E-state index is -0.519. The predicted molar refractivity (Wildman–Crippen MR) is 49.5 cm³/mol. The molecule has 2 rings (SSSR count). The number of rotatable bonds is 3. The minimum absolute atomic E-state index is 0.460. The van der Waals surface area contributed by atoms with E-state index >= 15 is 0 Å².